The van der Waals surface area contributed by atoms with Crippen LogP contribution >= 0.6 is 0 Å². The largest absolute Gasteiger partial charge is 0.264 e. The maximum Gasteiger partial charge on any atom is 0.264 e. The summed E-state index contributed by atoms with van der Waals surface area (Å²) in [5.74, 6) is -0.482. The van der Waals surface area contributed by atoms with Gasteiger partial charge < -0.3 is 0 Å². The van der Waals surface area contributed by atoms with Gasteiger partial charge in [-0.3, -0.25) is 0 Å². The fourth-order valence-corrected chi connectivity index (χ4v) is 2.36. The first-order valence-corrected chi connectivity index (χ1v) is 6.53. The minimum absolute atomic E-state index is 0.0283. The molecule has 0 aliphatic heterocycles. The standard InChI is InChI=1S/C11H10FN3O2S/c1-8-7-9(3-4-10(8)12)18(16,17)15-11-13-5-2-6-14-11/h2-7H,1H3,(H,13,14,15). The van der Waals surface area contributed by atoms with Gasteiger partial charge in [-0.05, 0) is 36.8 Å². The predicted molar refractivity (Wildman–Crippen MR) is 64.0 cm³/mol. The molecule has 1 heterocycles. The molecule has 5 nitrogen and oxygen atoms in total. The van der Waals surface area contributed by atoms with Crippen molar-refractivity contribution >= 4 is 16.0 Å². The molecule has 0 amide bonds. The van der Waals surface area contributed by atoms with Crippen LogP contribution in [0.25, 0.3) is 0 Å². The highest BCUT2D eigenvalue weighted by Crippen LogP contribution is 2.16. The Bertz CT molecular complexity index is 659. The number of hydrogen-bond donors (Lipinski definition) is 1. The highest BCUT2D eigenvalue weighted by atomic mass is 32.2. The lowest BCUT2D eigenvalue weighted by atomic mass is 10.2. The monoisotopic (exact) mass is 267 g/mol. The highest BCUT2D eigenvalue weighted by molar-refractivity contribution is 7.92. The zero-order chi connectivity index (χ0) is 13.2. The molecule has 0 saturated carbocycles. The molecule has 94 valence electrons. The van der Waals surface area contributed by atoms with Crippen molar-refractivity contribution in [3.63, 3.8) is 0 Å². The summed E-state index contributed by atoms with van der Waals surface area (Å²) in [6.45, 7) is 1.49. The summed E-state index contributed by atoms with van der Waals surface area (Å²) in [4.78, 5) is 7.47. The summed E-state index contributed by atoms with van der Waals surface area (Å²) in [6, 6.07) is 5.11. The van der Waals surface area contributed by atoms with Crippen LogP contribution in [0.3, 0.4) is 0 Å². The number of sulfonamides is 1. The second-order valence-corrected chi connectivity index (χ2v) is 5.27. The van der Waals surface area contributed by atoms with E-state index in [0.717, 1.165) is 6.07 Å². The number of aryl methyl sites for hydroxylation is 1. The van der Waals surface area contributed by atoms with Crippen molar-refractivity contribution in [1.29, 1.82) is 0 Å². The topological polar surface area (TPSA) is 72.0 Å². The Labute approximate surface area is 104 Å². The Balaban J connectivity index is 2.34. The van der Waals surface area contributed by atoms with E-state index >= 15 is 0 Å². The van der Waals surface area contributed by atoms with Crippen LogP contribution in [-0.4, -0.2) is 18.4 Å². The van der Waals surface area contributed by atoms with E-state index in [1.807, 2.05) is 0 Å². The van der Waals surface area contributed by atoms with Crippen molar-refractivity contribution in [3.8, 4) is 0 Å². The van der Waals surface area contributed by atoms with Crippen LogP contribution < -0.4 is 4.72 Å². The number of nitrogens with one attached hydrogen (secondary N) is 1. The van der Waals surface area contributed by atoms with Gasteiger partial charge in [0.2, 0.25) is 5.95 Å². The Hall–Kier alpha value is -2.02. The van der Waals surface area contributed by atoms with Crippen LogP contribution in [0.15, 0.2) is 41.6 Å². The Kier molecular flexibility index (Phi) is 3.24. The predicted octanol–water partition coefficient (Wildman–Crippen LogP) is 1.72. The lowest BCUT2D eigenvalue weighted by molar-refractivity contribution is 0.598. The third-order valence-corrected chi connectivity index (χ3v) is 3.56. The minimum Gasteiger partial charge on any atom is -0.247 e. The number of anilines is 1. The molecule has 18 heavy (non-hydrogen) atoms. The van der Waals surface area contributed by atoms with E-state index in [2.05, 4.69) is 14.7 Å². The Morgan fingerprint density at radius 1 is 1.22 bits per heavy atom. The molecule has 1 aromatic heterocycles. The molecule has 0 bridgehead atoms. The van der Waals surface area contributed by atoms with E-state index in [-0.39, 0.29) is 16.4 Å². The minimum atomic E-state index is -3.79. The van der Waals surface area contributed by atoms with Crippen LogP contribution in [0.2, 0.25) is 0 Å². The van der Waals surface area contributed by atoms with Gasteiger partial charge in [0.25, 0.3) is 10.0 Å². The second kappa shape index (κ2) is 4.69. The van der Waals surface area contributed by atoms with Gasteiger partial charge in [0.05, 0.1) is 4.90 Å². The summed E-state index contributed by atoms with van der Waals surface area (Å²) in [5, 5.41) is 0. The van der Waals surface area contributed by atoms with Crippen LogP contribution in [0.5, 0.6) is 0 Å². The quantitative estimate of drug-likeness (QED) is 0.919. The molecule has 0 saturated heterocycles. The van der Waals surface area contributed by atoms with Crippen molar-refractivity contribution in [2.24, 2.45) is 0 Å². The number of aromatic nitrogens is 2. The molecular formula is C11H10FN3O2S. The van der Waals surface area contributed by atoms with Crippen LogP contribution in [-0.2, 0) is 10.0 Å². The van der Waals surface area contributed by atoms with E-state index in [9.17, 15) is 12.8 Å². The molecule has 0 atom stereocenters. The van der Waals surface area contributed by atoms with Gasteiger partial charge in [-0.1, -0.05) is 0 Å². The highest BCUT2D eigenvalue weighted by Gasteiger charge is 2.16. The molecule has 0 aliphatic carbocycles. The summed E-state index contributed by atoms with van der Waals surface area (Å²) in [7, 11) is -3.79. The summed E-state index contributed by atoms with van der Waals surface area (Å²) in [5.41, 5.74) is 0.256. The van der Waals surface area contributed by atoms with Crippen molar-refractivity contribution in [2.75, 3.05) is 4.72 Å². The molecule has 0 fully saturated rings. The Morgan fingerprint density at radius 3 is 2.50 bits per heavy atom. The average molecular weight is 267 g/mol. The van der Waals surface area contributed by atoms with Gasteiger partial charge in [0.15, 0.2) is 0 Å². The number of nitrogens with zero attached hydrogens (tertiary/aromatic N) is 2. The third kappa shape index (κ3) is 2.62. The van der Waals surface area contributed by atoms with E-state index in [1.54, 1.807) is 6.07 Å². The maximum absolute atomic E-state index is 13.1. The van der Waals surface area contributed by atoms with Crippen molar-refractivity contribution in [2.45, 2.75) is 11.8 Å². The molecule has 0 radical (unpaired) electrons. The molecule has 0 unspecified atom stereocenters. The summed E-state index contributed by atoms with van der Waals surface area (Å²) >= 11 is 0. The molecule has 1 N–H and O–H groups in total. The lowest BCUT2D eigenvalue weighted by Gasteiger charge is -2.07. The van der Waals surface area contributed by atoms with Gasteiger partial charge >= 0.3 is 0 Å². The molecule has 7 heteroatoms. The number of hydrogen-bond acceptors (Lipinski definition) is 4. The molecule has 0 aliphatic rings. The van der Waals surface area contributed by atoms with Crippen LogP contribution in [0.1, 0.15) is 5.56 Å². The maximum atomic E-state index is 13.1. The fraction of sp³-hybridized carbons (Fsp3) is 0.0909. The molecule has 0 spiro atoms. The summed E-state index contributed by atoms with van der Waals surface area (Å²) < 4.78 is 39.2. The number of rotatable bonds is 3. The third-order valence-electron chi connectivity index (χ3n) is 2.23. The summed E-state index contributed by atoms with van der Waals surface area (Å²) in [6.07, 6.45) is 2.83. The van der Waals surface area contributed by atoms with Crippen LogP contribution in [0, 0.1) is 12.7 Å². The second-order valence-electron chi connectivity index (χ2n) is 3.59. The average Bonchev–Trinajstić information content (AvgIpc) is 2.33. The van der Waals surface area contributed by atoms with E-state index in [1.165, 1.54) is 31.5 Å². The van der Waals surface area contributed by atoms with Gasteiger partial charge in [0, 0.05) is 12.4 Å². The number of halogens is 1. The first kappa shape index (κ1) is 12.4. The first-order chi connectivity index (χ1) is 8.49. The number of benzene rings is 1. The normalized spacial score (nSPS) is 11.2. The van der Waals surface area contributed by atoms with Crippen molar-refractivity contribution < 1.29 is 12.8 Å². The first-order valence-electron chi connectivity index (χ1n) is 5.05. The van der Waals surface area contributed by atoms with Crippen LogP contribution in [0.4, 0.5) is 10.3 Å². The molecule has 1 aromatic carbocycles. The molecular weight excluding hydrogens is 257 g/mol. The van der Waals surface area contributed by atoms with E-state index in [4.69, 9.17) is 0 Å². The van der Waals surface area contributed by atoms with E-state index in [0.29, 0.717) is 0 Å². The van der Waals surface area contributed by atoms with Gasteiger partial charge in [0.1, 0.15) is 5.82 Å². The lowest BCUT2D eigenvalue weighted by Crippen LogP contribution is -2.15. The smallest absolute Gasteiger partial charge is 0.247 e. The van der Waals surface area contributed by atoms with Gasteiger partial charge in [-0.25, -0.2) is 27.5 Å². The molecule has 2 aromatic rings. The van der Waals surface area contributed by atoms with Crippen molar-refractivity contribution in [3.05, 3.63) is 48.0 Å². The van der Waals surface area contributed by atoms with Gasteiger partial charge in [-0.2, -0.15) is 0 Å². The fourth-order valence-electron chi connectivity index (χ4n) is 1.32. The van der Waals surface area contributed by atoms with Crippen molar-refractivity contribution in [1.82, 2.24) is 9.97 Å². The Morgan fingerprint density at radius 2 is 1.89 bits per heavy atom. The zero-order valence-electron chi connectivity index (χ0n) is 9.46. The zero-order valence-corrected chi connectivity index (χ0v) is 10.3. The van der Waals surface area contributed by atoms with E-state index < -0.39 is 15.8 Å². The van der Waals surface area contributed by atoms with Gasteiger partial charge in [-0.15, -0.1) is 0 Å². The SMILES string of the molecule is Cc1cc(S(=O)(=O)Nc2ncccn2)ccc1F. The molecule has 2 rings (SSSR count).